The zero-order valence-electron chi connectivity index (χ0n) is 9.41. The smallest absolute Gasteiger partial charge is 0.115 e. The highest BCUT2D eigenvalue weighted by atomic mass is 16.3. The lowest BCUT2D eigenvalue weighted by atomic mass is 10.2. The predicted octanol–water partition coefficient (Wildman–Crippen LogP) is 2.60. The largest absolute Gasteiger partial charge is 0.508 e. The van der Waals surface area contributed by atoms with Crippen LogP contribution in [-0.2, 0) is 0 Å². The van der Waals surface area contributed by atoms with Gasteiger partial charge in [0.25, 0.3) is 0 Å². The maximum absolute atomic E-state index is 9.27. The van der Waals surface area contributed by atoms with Crippen molar-refractivity contribution < 1.29 is 5.11 Å². The first-order valence-corrected chi connectivity index (χ1v) is 5.45. The van der Waals surface area contributed by atoms with Crippen LogP contribution in [0.2, 0.25) is 0 Å². The average molecular weight is 235 g/mol. The fraction of sp³-hybridized carbons (Fsp3) is 0. The van der Waals surface area contributed by atoms with Crippen molar-refractivity contribution in [2.24, 2.45) is 0 Å². The van der Waals surface area contributed by atoms with Crippen LogP contribution in [0.5, 0.6) is 5.75 Å². The van der Waals surface area contributed by atoms with Crippen molar-refractivity contribution in [2.75, 3.05) is 0 Å². The minimum absolute atomic E-state index is 0.224. The van der Waals surface area contributed by atoms with Gasteiger partial charge in [-0.2, -0.15) is 10.4 Å². The van der Waals surface area contributed by atoms with Crippen molar-refractivity contribution in [3.8, 4) is 17.5 Å². The standard InChI is InChI=1S/C14H9N3O/c15-8-10-1-6-14-11(7-10)9-16-17(14)12-2-4-13(18)5-3-12/h1-7,9,18H. The Bertz CT molecular complexity index is 751. The van der Waals surface area contributed by atoms with Crippen molar-refractivity contribution in [3.05, 3.63) is 54.2 Å². The number of benzene rings is 2. The van der Waals surface area contributed by atoms with Crippen LogP contribution in [0, 0.1) is 11.3 Å². The number of fused-ring (bicyclic) bond motifs is 1. The molecule has 3 aromatic rings. The summed E-state index contributed by atoms with van der Waals surface area (Å²) < 4.78 is 1.77. The van der Waals surface area contributed by atoms with Crippen LogP contribution < -0.4 is 0 Å². The lowest BCUT2D eigenvalue weighted by molar-refractivity contribution is 0.475. The summed E-state index contributed by atoms with van der Waals surface area (Å²) in [5.41, 5.74) is 2.42. The second-order valence-corrected chi connectivity index (χ2v) is 3.96. The number of aromatic nitrogens is 2. The quantitative estimate of drug-likeness (QED) is 0.705. The molecule has 0 aliphatic carbocycles. The van der Waals surface area contributed by atoms with Gasteiger partial charge in [0.15, 0.2) is 0 Å². The van der Waals surface area contributed by atoms with Gasteiger partial charge in [-0.3, -0.25) is 0 Å². The summed E-state index contributed by atoms with van der Waals surface area (Å²) >= 11 is 0. The van der Waals surface area contributed by atoms with E-state index in [0.717, 1.165) is 16.6 Å². The summed E-state index contributed by atoms with van der Waals surface area (Å²) in [7, 11) is 0. The Balaban J connectivity index is 2.19. The number of hydrogen-bond donors (Lipinski definition) is 1. The molecule has 1 aromatic heterocycles. The number of nitrogens with zero attached hydrogens (tertiary/aromatic N) is 3. The molecule has 86 valence electrons. The SMILES string of the molecule is N#Cc1ccc2c(cnn2-c2ccc(O)cc2)c1. The molecule has 0 spiro atoms. The van der Waals surface area contributed by atoms with Gasteiger partial charge in [-0.25, -0.2) is 4.68 Å². The molecule has 1 N–H and O–H groups in total. The molecule has 4 heteroatoms. The van der Waals surface area contributed by atoms with Crippen LogP contribution in [0.25, 0.3) is 16.6 Å². The molecule has 0 amide bonds. The van der Waals surface area contributed by atoms with E-state index in [4.69, 9.17) is 5.26 Å². The van der Waals surface area contributed by atoms with Gasteiger partial charge < -0.3 is 5.11 Å². The average Bonchev–Trinajstić information content (AvgIpc) is 2.82. The monoisotopic (exact) mass is 235 g/mol. The maximum Gasteiger partial charge on any atom is 0.115 e. The molecule has 0 saturated heterocycles. The van der Waals surface area contributed by atoms with Gasteiger partial charge in [0.05, 0.1) is 29.0 Å². The van der Waals surface area contributed by atoms with Crippen LogP contribution in [0.15, 0.2) is 48.7 Å². The van der Waals surface area contributed by atoms with Crippen molar-refractivity contribution in [1.29, 1.82) is 5.26 Å². The Kier molecular flexibility index (Phi) is 2.24. The summed E-state index contributed by atoms with van der Waals surface area (Å²) in [6, 6.07) is 14.4. The minimum Gasteiger partial charge on any atom is -0.508 e. The Hall–Kier alpha value is -2.80. The Morgan fingerprint density at radius 2 is 1.89 bits per heavy atom. The first-order chi connectivity index (χ1) is 8.78. The van der Waals surface area contributed by atoms with Gasteiger partial charge in [0, 0.05) is 5.39 Å². The molecule has 0 unspecified atom stereocenters. The topological polar surface area (TPSA) is 61.8 Å². The van der Waals surface area contributed by atoms with E-state index in [1.165, 1.54) is 0 Å². The number of rotatable bonds is 1. The Morgan fingerprint density at radius 3 is 2.61 bits per heavy atom. The third-order valence-electron chi connectivity index (χ3n) is 2.79. The normalized spacial score (nSPS) is 10.4. The van der Waals surface area contributed by atoms with Gasteiger partial charge >= 0.3 is 0 Å². The summed E-state index contributed by atoms with van der Waals surface area (Å²) in [6.45, 7) is 0. The molecule has 0 atom stereocenters. The van der Waals surface area contributed by atoms with E-state index in [1.807, 2.05) is 6.07 Å². The van der Waals surface area contributed by atoms with E-state index in [0.29, 0.717) is 5.56 Å². The predicted molar refractivity (Wildman–Crippen MR) is 67.4 cm³/mol. The fourth-order valence-electron chi connectivity index (χ4n) is 1.90. The summed E-state index contributed by atoms with van der Waals surface area (Å²) in [5.74, 6) is 0.224. The number of phenols is 1. The van der Waals surface area contributed by atoms with E-state index < -0.39 is 0 Å². The van der Waals surface area contributed by atoms with Gasteiger partial charge in [-0.1, -0.05) is 0 Å². The lowest BCUT2D eigenvalue weighted by Gasteiger charge is -2.03. The molecular weight excluding hydrogens is 226 g/mol. The van der Waals surface area contributed by atoms with Crippen molar-refractivity contribution in [3.63, 3.8) is 0 Å². The van der Waals surface area contributed by atoms with E-state index in [2.05, 4.69) is 11.2 Å². The molecule has 0 fully saturated rings. The van der Waals surface area contributed by atoms with Crippen LogP contribution in [0.1, 0.15) is 5.56 Å². The van der Waals surface area contributed by atoms with Gasteiger partial charge in [0.1, 0.15) is 5.75 Å². The number of phenolic OH excluding ortho intramolecular Hbond substituents is 1. The minimum atomic E-state index is 0.224. The van der Waals surface area contributed by atoms with Crippen LogP contribution in [0.3, 0.4) is 0 Å². The Labute approximate surface area is 103 Å². The van der Waals surface area contributed by atoms with E-state index in [1.54, 1.807) is 47.3 Å². The molecule has 0 saturated carbocycles. The molecule has 0 radical (unpaired) electrons. The van der Waals surface area contributed by atoms with Gasteiger partial charge in [0.2, 0.25) is 0 Å². The first-order valence-electron chi connectivity index (χ1n) is 5.45. The summed E-state index contributed by atoms with van der Waals surface area (Å²) in [5, 5.41) is 23.3. The van der Waals surface area contributed by atoms with Gasteiger partial charge in [-0.05, 0) is 42.5 Å². The second-order valence-electron chi connectivity index (χ2n) is 3.96. The number of hydrogen-bond acceptors (Lipinski definition) is 3. The third kappa shape index (κ3) is 1.59. The lowest BCUT2D eigenvalue weighted by Crippen LogP contribution is -1.95. The molecule has 0 bridgehead atoms. The molecule has 3 rings (SSSR count). The fourth-order valence-corrected chi connectivity index (χ4v) is 1.90. The van der Waals surface area contributed by atoms with E-state index >= 15 is 0 Å². The third-order valence-corrected chi connectivity index (χ3v) is 2.79. The van der Waals surface area contributed by atoms with Crippen LogP contribution in [-0.4, -0.2) is 14.9 Å². The van der Waals surface area contributed by atoms with Crippen molar-refractivity contribution >= 4 is 10.9 Å². The highest BCUT2D eigenvalue weighted by Gasteiger charge is 2.05. The molecule has 0 aliphatic heterocycles. The Morgan fingerprint density at radius 1 is 1.11 bits per heavy atom. The molecular formula is C14H9N3O. The van der Waals surface area contributed by atoms with Crippen LogP contribution >= 0.6 is 0 Å². The molecule has 0 aliphatic rings. The maximum atomic E-state index is 9.27. The van der Waals surface area contributed by atoms with Crippen molar-refractivity contribution in [2.45, 2.75) is 0 Å². The zero-order valence-corrected chi connectivity index (χ0v) is 9.41. The van der Waals surface area contributed by atoms with Crippen LogP contribution in [0.4, 0.5) is 0 Å². The molecule has 4 nitrogen and oxygen atoms in total. The van der Waals surface area contributed by atoms with Crippen molar-refractivity contribution in [1.82, 2.24) is 9.78 Å². The highest BCUT2D eigenvalue weighted by molar-refractivity contribution is 5.81. The summed E-state index contributed by atoms with van der Waals surface area (Å²) in [6.07, 6.45) is 1.73. The molecule has 2 aromatic carbocycles. The summed E-state index contributed by atoms with van der Waals surface area (Å²) in [4.78, 5) is 0. The first kappa shape index (κ1) is 10.4. The van der Waals surface area contributed by atoms with E-state index in [9.17, 15) is 5.11 Å². The zero-order chi connectivity index (χ0) is 12.5. The number of aromatic hydroxyl groups is 1. The molecule has 1 heterocycles. The van der Waals surface area contributed by atoms with Gasteiger partial charge in [-0.15, -0.1) is 0 Å². The number of nitriles is 1. The highest BCUT2D eigenvalue weighted by Crippen LogP contribution is 2.20. The van der Waals surface area contributed by atoms with E-state index in [-0.39, 0.29) is 5.75 Å². The second kappa shape index (κ2) is 3.90. The molecule has 18 heavy (non-hydrogen) atoms.